The summed E-state index contributed by atoms with van der Waals surface area (Å²) in [5, 5.41) is 5.17. The Labute approximate surface area is 181 Å². The van der Waals surface area contributed by atoms with E-state index in [0.717, 1.165) is 10.9 Å². The van der Waals surface area contributed by atoms with Gasteiger partial charge in [0.1, 0.15) is 16.3 Å². The van der Waals surface area contributed by atoms with Crippen LogP contribution in [-0.2, 0) is 17.1 Å². The van der Waals surface area contributed by atoms with E-state index >= 15 is 0 Å². The zero-order valence-corrected chi connectivity index (χ0v) is 19.0. The Morgan fingerprint density at radius 2 is 1.90 bits per heavy atom. The summed E-state index contributed by atoms with van der Waals surface area (Å²) in [7, 11) is -0.342. The van der Waals surface area contributed by atoms with Crippen molar-refractivity contribution in [1.29, 1.82) is 0 Å². The topological polar surface area (TPSA) is 101 Å². The highest BCUT2D eigenvalue weighted by molar-refractivity contribution is 7.89. The van der Waals surface area contributed by atoms with Crippen molar-refractivity contribution in [2.75, 3.05) is 33.3 Å². The molecule has 0 bridgehead atoms. The van der Waals surface area contributed by atoms with Crippen molar-refractivity contribution in [1.82, 2.24) is 24.0 Å². The van der Waals surface area contributed by atoms with E-state index in [9.17, 15) is 13.2 Å². The molecule has 3 heterocycles. The fourth-order valence-corrected chi connectivity index (χ4v) is 5.98. The van der Waals surface area contributed by atoms with Crippen LogP contribution in [0.25, 0.3) is 10.9 Å². The summed E-state index contributed by atoms with van der Waals surface area (Å²) in [5.74, 6) is 0.577. The summed E-state index contributed by atoms with van der Waals surface area (Å²) in [6, 6.07) is 7.42. The highest BCUT2D eigenvalue weighted by Crippen LogP contribution is 2.25. The monoisotopic (exact) mass is 445 g/mol. The average molecular weight is 446 g/mol. The van der Waals surface area contributed by atoms with Gasteiger partial charge in [-0.2, -0.15) is 9.40 Å². The van der Waals surface area contributed by atoms with Gasteiger partial charge in [0.15, 0.2) is 0 Å². The quantitative estimate of drug-likeness (QED) is 0.663. The van der Waals surface area contributed by atoms with Crippen LogP contribution >= 0.6 is 0 Å². The molecule has 2 aromatic heterocycles. The standard InChI is InChI=1S/C21H27N5O4S/c1-14-20(15(2)24(3)23-14)31(28,29)26-9-5-8-25(10-11-26)21(27)19-12-16-6-7-17(30-4)13-18(16)22-19/h6-7,12-13,22H,5,8-11H2,1-4H3. The van der Waals surface area contributed by atoms with Crippen LogP contribution in [0.4, 0.5) is 0 Å². The van der Waals surface area contributed by atoms with Gasteiger partial charge in [0.05, 0.1) is 18.5 Å². The van der Waals surface area contributed by atoms with Crippen LogP contribution in [0.5, 0.6) is 5.75 Å². The number of fused-ring (bicyclic) bond motifs is 1. The van der Waals surface area contributed by atoms with Gasteiger partial charge in [-0.15, -0.1) is 0 Å². The molecule has 1 N–H and O–H groups in total. The first kappa shape index (κ1) is 21.4. The largest absolute Gasteiger partial charge is 0.497 e. The molecule has 1 aliphatic rings. The van der Waals surface area contributed by atoms with E-state index in [4.69, 9.17) is 4.74 Å². The summed E-state index contributed by atoms with van der Waals surface area (Å²) in [4.78, 5) is 18.2. The van der Waals surface area contributed by atoms with Gasteiger partial charge in [0.2, 0.25) is 10.0 Å². The molecule has 0 radical (unpaired) electrons. The summed E-state index contributed by atoms with van der Waals surface area (Å²) in [6.07, 6.45) is 0.567. The lowest BCUT2D eigenvalue weighted by Gasteiger charge is -2.21. The van der Waals surface area contributed by atoms with E-state index in [0.29, 0.717) is 48.9 Å². The summed E-state index contributed by atoms with van der Waals surface area (Å²) >= 11 is 0. The first-order valence-corrected chi connectivity index (χ1v) is 11.6. The molecular weight excluding hydrogens is 418 g/mol. The molecular formula is C21H27N5O4S. The maximum Gasteiger partial charge on any atom is 0.270 e. The SMILES string of the molecule is COc1ccc2cc(C(=O)N3CCCN(S(=O)(=O)c4c(C)nn(C)c4C)CC3)[nH]c2c1. The molecule has 1 aromatic carbocycles. The second kappa shape index (κ2) is 8.01. The van der Waals surface area contributed by atoms with Crippen molar-refractivity contribution in [2.24, 2.45) is 7.05 Å². The number of aromatic nitrogens is 3. The number of nitrogens with zero attached hydrogens (tertiary/aromatic N) is 4. The van der Waals surface area contributed by atoms with Crippen LogP contribution in [-0.4, -0.2) is 71.6 Å². The van der Waals surface area contributed by atoms with Gasteiger partial charge in [0, 0.05) is 50.2 Å². The second-order valence-electron chi connectivity index (χ2n) is 7.81. The molecule has 10 heteroatoms. The fourth-order valence-electron chi connectivity index (χ4n) is 4.11. The maximum absolute atomic E-state index is 13.3. The average Bonchev–Trinajstić information content (AvgIpc) is 3.15. The van der Waals surface area contributed by atoms with Gasteiger partial charge in [-0.1, -0.05) is 0 Å². The number of benzene rings is 1. The van der Waals surface area contributed by atoms with Gasteiger partial charge in [-0.05, 0) is 38.5 Å². The predicted molar refractivity (Wildman–Crippen MR) is 117 cm³/mol. The van der Waals surface area contributed by atoms with E-state index in [1.54, 1.807) is 37.6 Å². The minimum atomic E-state index is -3.68. The van der Waals surface area contributed by atoms with Crippen LogP contribution < -0.4 is 4.74 Å². The molecule has 4 rings (SSSR count). The zero-order chi connectivity index (χ0) is 22.3. The summed E-state index contributed by atoms with van der Waals surface area (Å²) in [5.41, 5.74) is 2.41. The Morgan fingerprint density at radius 3 is 2.58 bits per heavy atom. The summed E-state index contributed by atoms with van der Waals surface area (Å²) in [6.45, 7) is 4.90. The predicted octanol–water partition coefficient (Wildman–Crippen LogP) is 2.06. The Morgan fingerprint density at radius 1 is 1.13 bits per heavy atom. The van der Waals surface area contributed by atoms with Crippen LogP contribution in [0.2, 0.25) is 0 Å². The molecule has 166 valence electrons. The number of ether oxygens (including phenoxy) is 1. The molecule has 0 atom stereocenters. The van der Waals surface area contributed by atoms with Crippen LogP contribution in [0.3, 0.4) is 0 Å². The Hall–Kier alpha value is -2.85. The number of hydrogen-bond donors (Lipinski definition) is 1. The Balaban J connectivity index is 1.53. The number of aryl methyl sites for hydroxylation is 2. The lowest BCUT2D eigenvalue weighted by Crippen LogP contribution is -2.37. The Bertz CT molecular complexity index is 1240. The molecule has 0 aliphatic carbocycles. The molecule has 31 heavy (non-hydrogen) atoms. The van der Waals surface area contributed by atoms with Crippen molar-refractivity contribution in [3.05, 3.63) is 41.3 Å². The first-order valence-electron chi connectivity index (χ1n) is 10.2. The number of carbonyl (C=O) groups excluding carboxylic acids is 1. The first-order chi connectivity index (χ1) is 14.7. The number of carbonyl (C=O) groups is 1. The number of nitrogens with one attached hydrogen (secondary N) is 1. The van der Waals surface area contributed by atoms with Gasteiger partial charge in [0.25, 0.3) is 5.91 Å². The van der Waals surface area contributed by atoms with Crippen LogP contribution in [0, 0.1) is 13.8 Å². The third kappa shape index (κ3) is 3.81. The highest BCUT2D eigenvalue weighted by atomic mass is 32.2. The molecule has 1 amide bonds. The lowest BCUT2D eigenvalue weighted by atomic mass is 10.2. The normalized spacial score (nSPS) is 15.9. The fraction of sp³-hybridized carbons (Fsp3) is 0.429. The molecule has 3 aromatic rings. The van der Waals surface area contributed by atoms with Gasteiger partial charge >= 0.3 is 0 Å². The molecule has 0 saturated carbocycles. The van der Waals surface area contributed by atoms with Gasteiger partial charge in [-0.25, -0.2) is 8.42 Å². The minimum absolute atomic E-state index is 0.136. The number of sulfonamides is 1. The Kier molecular flexibility index (Phi) is 5.52. The minimum Gasteiger partial charge on any atom is -0.497 e. The van der Waals surface area contributed by atoms with Crippen molar-refractivity contribution < 1.29 is 17.9 Å². The van der Waals surface area contributed by atoms with E-state index in [1.807, 2.05) is 24.3 Å². The van der Waals surface area contributed by atoms with Crippen LogP contribution in [0.15, 0.2) is 29.2 Å². The van der Waals surface area contributed by atoms with E-state index < -0.39 is 10.0 Å². The third-order valence-electron chi connectivity index (χ3n) is 5.84. The summed E-state index contributed by atoms with van der Waals surface area (Å²) < 4.78 is 34.8. The molecule has 1 aliphatic heterocycles. The van der Waals surface area contributed by atoms with Crippen molar-refractivity contribution in [3.8, 4) is 5.75 Å². The maximum atomic E-state index is 13.3. The molecule has 1 fully saturated rings. The number of amides is 1. The van der Waals surface area contributed by atoms with Crippen molar-refractivity contribution in [3.63, 3.8) is 0 Å². The number of methoxy groups -OCH3 is 1. The molecule has 0 spiro atoms. The lowest BCUT2D eigenvalue weighted by molar-refractivity contribution is 0.0759. The highest BCUT2D eigenvalue weighted by Gasteiger charge is 2.32. The molecule has 9 nitrogen and oxygen atoms in total. The number of aromatic amines is 1. The van der Waals surface area contributed by atoms with Gasteiger partial charge < -0.3 is 14.6 Å². The molecule has 1 saturated heterocycles. The zero-order valence-electron chi connectivity index (χ0n) is 18.2. The smallest absolute Gasteiger partial charge is 0.270 e. The van der Waals surface area contributed by atoms with Crippen molar-refractivity contribution >= 4 is 26.8 Å². The third-order valence-corrected chi connectivity index (χ3v) is 7.99. The van der Waals surface area contributed by atoms with Crippen molar-refractivity contribution in [2.45, 2.75) is 25.2 Å². The molecule has 0 unspecified atom stereocenters. The second-order valence-corrected chi connectivity index (χ2v) is 9.68. The van der Waals surface area contributed by atoms with E-state index in [1.165, 1.54) is 4.31 Å². The van der Waals surface area contributed by atoms with E-state index in [2.05, 4.69) is 10.1 Å². The van der Waals surface area contributed by atoms with E-state index in [-0.39, 0.29) is 17.3 Å². The number of hydrogen-bond acceptors (Lipinski definition) is 5. The number of H-pyrrole nitrogens is 1. The number of rotatable bonds is 4. The van der Waals surface area contributed by atoms with Crippen LogP contribution in [0.1, 0.15) is 28.3 Å². The van der Waals surface area contributed by atoms with Gasteiger partial charge in [-0.3, -0.25) is 9.48 Å².